The van der Waals surface area contributed by atoms with Crippen molar-refractivity contribution in [1.82, 2.24) is 19.7 Å². The summed E-state index contributed by atoms with van der Waals surface area (Å²) in [5, 5.41) is 7.64. The van der Waals surface area contributed by atoms with Gasteiger partial charge in [-0.15, -0.1) is 0 Å². The molecule has 0 bridgehead atoms. The summed E-state index contributed by atoms with van der Waals surface area (Å²) in [6.45, 7) is 0.821. The summed E-state index contributed by atoms with van der Waals surface area (Å²) >= 11 is 0. The summed E-state index contributed by atoms with van der Waals surface area (Å²) < 4.78 is 7.16. The first-order valence-corrected chi connectivity index (χ1v) is 8.59. The van der Waals surface area contributed by atoms with E-state index in [1.807, 2.05) is 36.5 Å². The molecule has 1 N–H and O–H groups in total. The van der Waals surface area contributed by atoms with Crippen LogP contribution in [0.4, 0.5) is 5.82 Å². The molecule has 1 aromatic carbocycles. The molecule has 3 aromatic heterocycles. The van der Waals surface area contributed by atoms with Crippen LogP contribution in [0.2, 0.25) is 0 Å². The topological polar surface area (TPSA) is 68.8 Å². The molecule has 0 fully saturated rings. The van der Waals surface area contributed by atoms with Crippen LogP contribution in [0.25, 0.3) is 17.4 Å². The first-order valence-electron chi connectivity index (χ1n) is 8.59. The zero-order chi connectivity index (χ0) is 17.6. The predicted octanol–water partition coefficient (Wildman–Crippen LogP) is 3.97. The number of hydrogen-bond donors (Lipinski definition) is 1. The van der Waals surface area contributed by atoms with Gasteiger partial charge in [0.2, 0.25) is 0 Å². The van der Waals surface area contributed by atoms with E-state index in [0.29, 0.717) is 17.4 Å². The molecule has 0 unspecified atom stereocenters. The number of anilines is 1. The van der Waals surface area contributed by atoms with Crippen molar-refractivity contribution in [3.05, 3.63) is 78.8 Å². The van der Waals surface area contributed by atoms with Gasteiger partial charge < -0.3 is 9.73 Å². The lowest BCUT2D eigenvalue weighted by Crippen LogP contribution is -2.08. The van der Waals surface area contributed by atoms with Crippen molar-refractivity contribution in [3.63, 3.8) is 0 Å². The lowest BCUT2D eigenvalue weighted by atomic mass is 10.1. The van der Waals surface area contributed by atoms with Gasteiger partial charge in [0.1, 0.15) is 5.82 Å². The van der Waals surface area contributed by atoms with Crippen molar-refractivity contribution < 1.29 is 4.42 Å². The molecule has 0 saturated heterocycles. The fourth-order valence-corrected chi connectivity index (χ4v) is 2.72. The average molecular weight is 345 g/mol. The first kappa shape index (κ1) is 16.1. The molecule has 130 valence electrons. The second kappa shape index (κ2) is 7.65. The highest BCUT2D eigenvalue weighted by Gasteiger charge is 2.10. The second-order valence-electron chi connectivity index (χ2n) is 5.88. The second-order valence-corrected chi connectivity index (χ2v) is 5.88. The number of hydrogen-bond acceptors (Lipinski definition) is 5. The van der Waals surface area contributed by atoms with Gasteiger partial charge in [-0.05, 0) is 36.6 Å². The smallest absolute Gasteiger partial charge is 0.199 e. The monoisotopic (exact) mass is 345 g/mol. The highest BCUT2D eigenvalue weighted by atomic mass is 16.3. The van der Waals surface area contributed by atoms with Crippen LogP contribution < -0.4 is 5.32 Å². The van der Waals surface area contributed by atoms with E-state index in [4.69, 9.17) is 4.42 Å². The third-order valence-corrected chi connectivity index (χ3v) is 3.98. The average Bonchev–Trinajstić information content (AvgIpc) is 3.40. The maximum Gasteiger partial charge on any atom is 0.199 e. The van der Waals surface area contributed by atoms with Crippen LogP contribution in [0.15, 0.2) is 77.7 Å². The van der Waals surface area contributed by atoms with E-state index < -0.39 is 0 Å². The number of aryl methyl sites for hydroxylation is 1. The van der Waals surface area contributed by atoms with E-state index in [-0.39, 0.29) is 0 Å². The fraction of sp³-hybridized carbons (Fsp3) is 0.150. The van der Waals surface area contributed by atoms with Gasteiger partial charge in [0.25, 0.3) is 0 Å². The summed E-state index contributed by atoms with van der Waals surface area (Å²) in [7, 11) is 0. The number of rotatable bonds is 7. The molecule has 0 amide bonds. The summed E-state index contributed by atoms with van der Waals surface area (Å²) in [6.07, 6.45) is 7.23. The van der Waals surface area contributed by atoms with Crippen LogP contribution in [0, 0.1) is 0 Å². The normalized spacial score (nSPS) is 10.8. The van der Waals surface area contributed by atoms with E-state index in [1.54, 1.807) is 17.1 Å². The van der Waals surface area contributed by atoms with Gasteiger partial charge >= 0.3 is 0 Å². The highest BCUT2D eigenvalue weighted by molar-refractivity contribution is 5.53. The van der Waals surface area contributed by atoms with E-state index in [9.17, 15) is 0 Å². The van der Waals surface area contributed by atoms with Crippen molar-refractivity contribution in [2.24, 2.45) is 0 Å². The highest BCUT2D eigenvalue weighted by Crippen LogP contribution is 2.20. The molecule has 6 nitrogen and oxygen atoms in total. The van der Waals surface area contributed by atoms with Crippen LogP contribution in [0.3, 0.4) is 0 Å². The zero-order valence-corrected chi connectivity index (χ0v) is 14.2. The molecule has 6 heteroatoms. The summed E-state index contributed by atoms with van der Waals surface area (Å²) in [6, 6.07) is 17.9. The molecular weight excluding hydrogens is 326 g/mol. The molecule has 0 aliphatic carbocycles. The SMILES string of the molecule is c1ccc(CCCNc2cc(-n3cccn3)nc(-c3ccco3)n2)cc1. The van der Waals surface area contributed by atoms with E-state index in [1.165, 1.54) is 5.56 Å². The van der Waals surface area contributed by atoms with E-state index in [0.717, 1.165) is 25.2 Å². The van der Waals surface area contributed by atoms with Crippen molar-refractivity contribution in [2.75, 3.05) is 11.9 Å². The van der Waals surface area contributed by atoms with Crippen molar-refractivity contribution in [3.8, 4) is 17.4 Å². The molecule has 0 radical (unpaired) electrons. The summed E-state index contributed by atoms with van der Waals surface area (Å²) in [4.78, 5) is 9.12. The lowest BCUT2D eigenvalue weighted by Gasteiger charge is -2.09. The molecule has 0 atom stereocenters. The maximum absolute atomic E-state index is 5.45. The van der Waals surface area contributed by atoms with Crippen molar-refractivity contribution >= 4 is 5.82 Å². The van der Waals surface area contributed by atoms with Crippen LogP contribution in [-0.4, -0.2) is 26.3 Å². The van der Waals surface area contributed by atoms with Crippen molar-refractivity contribution in [2.45, 2.75) is 12.8 Å². The Morgan fingerprint density at radius 1 is 1.00 bits per heavy atom. The number of aromatic nitrogens is 4. The minimum absolute atomic E-state index is 0.536. The zero-order valence-electron chi connectivity index (χ0n) is 14.2. The van der Waals surface area contributed by atoms with Gasteiger partial charge in [0, 0.05) is 25.0 Å². The Morgan fingerprint density at radius 2 is 1.92 bits per heavy atom. The summed E-state index contributed by atoms with van der Waals surface area (Å²) in [5.74, 6) is 2.62. The van der Waals surface area contributed by atoms with Crippen molar-refractivity contribution in [1.29, 1.82) is 0 Å². The van der Waals surface area contributed by atoms with Crippen LogP contribution in [0.5, 0.6) is 0 Å². The van der Waals surface area contributed by atoms with Gasteiger partial charge in [0.15, 0.2) is 17.4 Å². The predicted molar refractivity (Wildman–Crippen MR) is 100 cm³/mol. The minimum Gasteiger partial charge on any atom is -0.461 e. The molecule has 4 rings (SSSR count). The lowest BCUT2D eigenvalue weighted by molar-refractivity contribution is 0.577. The van der Waals surface area contributed by atoms with Gasteiger partial charge in [-0.1, -0.05) is 30.3 Å². The van der Waals surface area contributed by atoms with Crippen LogP contribution in [-0.2, 0) is 6.42 Å². The first-order chi connectivity index (χ1) is 12.9. The molecule has 0 spiro atoms. The summed E-state index contributed by atoms with van der Waals surface area (Å²) in [5.41, 5.74) is 1.34. The number of nitrogens with zero attached hydrogens (tertiary/aromatic N) is 4. The third-order valence-electron chi connectivity index (χ3n) is 3.98. The quantitative estimate of drug-likeness (QED) is 0.513. The maximum atomic E-state index is 5.45. The molecule has 4 aromatic rings. The molecule has 0 aliphatic heterocycles. The molecule has 0 aliphatic rings. The van der Waals surface area contributed by atoms with Crippen LogP contribution in [0.1, 0.15) is 12.0 Å². The number of furan rings is 1. The largest absolute Gasteiger partial charge is 0.461 e. The molecule has 3 heterocycles. The Bertz CT molecular complexity index is 881. The molecule has 0 saturated carbocycles. The Hall–Kier alpha value is -3.41. The van der Waals surface area contributed by atoms with Gasteiger partial charge in [-0.2, -0.15) is 5.10 Å². The number of benzene rings is 1. The fourth-order valence-electron chi connectivity index (χ4n) is 2.72. The minimum atomic E-state index is 0.536. The number of nitrogens with one attached hydrogen (secondary N) is 1. The van der Waals surface area contributed by atoms with Gasteiger partial charge in [-0.25, -0.2) is 14.6 Å². The van der Waals surface area contributed by atoms with Crippen LogP contribution >= 0.6 is 0 Å². The Labute approximate surface area is 151 Å². The van der Waals surface area contributed by atoms with E-state index in [2.05, 4.69) is 44.6 Å². The van der Waals surface area contributed by atoms with Gasteiger partial charge in [-0.3, -0.25) is 0 Å². The van der Waals surface area contributed by atoms with Gasteiger partial charge in [0.05, 0.1) is 6.26 Å². The standard InChI is InChI=1S/C20H19N5O/c1-2-7-16(8-3-1)9-4-11-21-18-15-19(25-13-6-12-22-25)24-20(23-18)17-10-5-14-26-17/h1-3,5-8,10,12-15H,4,9,11H2,(H,21,23,24). The Balaban J connectivity index is 1.49. The molecule has 26 heavy (non-hydrogen) atoms. The Kier molecular flexibility index (Phi) is 4.73. The third kappa shape index (κ3) is 3.80. The Morgan fingerprint density at radius 3 is 2.69 bits per heavy atom. The molecular formula is C20H19N5O. The van der Waals surface area contributed by atoms with E-state index >= 15 is 0 Å².